The molecule has 1 aliphatic carbocycles. The molecule has 2 unspecified atom stereocenters. The highest BCUT2D eigenvalue weighted by atomic mass is 16.3. The first-order valence-electron chi connectivity index (χ1n) is 6.22. The molecule has 1 aromatic carbocycles. The Morgan fingerprint density at radius 1 is 1.10 bits per heavy atom. The minimum atomic E-state index is -1.27. The summed E-state index contributed by atoms with van der Waals surface area (Å²) in [4.78, 5) is 23.9. The van der Waals surface area contributed by atoms with Gasteiger partial charge in [-0.2, -0.15) is 0 Å². The van der Waals surface area contributed by atoms with Crippen molar-refractivity contribution >= 4 is 11.9 Å². The van der Waals surface area contributed by atoms with Crippen molar-refractivity contribution in [2.75, 3.05) is 0 Å². The van der Waals surface area contributed by atoms with Gasteiger partial charge in [0.25, 0.3) is 5.91 Å². The van der Waals surface area contributed by atoms with Gasteiger partial charge in [-0.05, 0) is 11.1 Å². The molecule has 0 aromatic heterocycles. The highest BCUT2D eigenvalue weighted by Crippen LogP contribution is 2.35. The van der Waals surface area contributed by atoms with Gasteiger partial charge in [-0.25, -0.2) is 9.90 Å². The Morgan fingerprint density at radius 3 is 2.40 bits per heavy atom. The molecule has 1 fully saturated rings. The number of amides is 3. The van der Waals surface area contributed by atoms with Crippen molar-refractivity contribution < 1.29 is 14.7 Å². The number of carbonyl (C=O) groups is 2. The number of nitrogens with one attached hydrogen (secondary N) is 2. The van der Waals surface area contributed by atoms with E-state index >= 15 is 0 Å². The van der Waals surface area contributed by atoms with Crippen LogP contribution in [0.3, 0.4) is 0 Å². The molecular weight excluding hydrogens is 256 g/mol. The van der Waals surface area contributed by atoms with Crippen molar-refractivity contribution in [2.24, 2.45) is 0 Å². The minimum absolute atomic E-state index is 0.442. The molecule has 2 aliphatic rings. The summed E-state index contributed by atoms with van der Waals surface area (Å²) < 4.78 is 0. The largest absolute Gasteiger partial charge is 0.322 e. The molecule has 1 aromatic rings. The Hall–Kier alpha value is -2.40. The topological polar surface area (TPSA) is 78.1 Å². The molecule has 3 amide bonds. The van der Waals surface area contributed by atoms with Crippen molar-refractivity contribution in [2.45, 2.75) is 11.6 Å². The fourth-order valence-corrected chi connectivity index (χ4v) is 2.48. The predicted octanol–water partition coefficient (Wildman–Crippen LogP) is 1.22. The molecule has 3 rings (SSSR count). The third-order valence-corrected chi connectivity index (χ3v) is 3.44. The van der Waals surface area contributed by atoms with Gasteiger partial charge in [-0.1, -0.05) is 48.6 Å². The smallest absolute Gasteiger partial charge is 0.316 e. The van der Waals surface area contributed by atoms with E-state index in [0.29, 0.717) is 11.1 Å². The summed E-state index contributed by atoms with van der Waals surface area (Å²) in [6.07, 6.45) is 5.17. The number of rotatable bonds is 2. The zero-order valence-corrected chi connectivity index (χ0v) is 10.5. The van der Waals surface area contributed by atoms with E-state index in [1.54, 1.807) is 36.4 Å². The first-order valence-corrected chi connectivity index (χ1v) is 6.22. The number of imide groups is 1. The van der Waals surface area contributed by atoms with Crippen molar-refractivity contribution in [1.82, 2.24) is 10.6 Å². The Bertz CT molecular complexity index is 621. The van der Waals surface area contributed by atoms with Crippen LogP contribution in [0.1, 0.15) is 5.56 Å². The normalized spacial score (nSPS) is 28.9. The number of benzene rings is 1. The third-order valence-electron chi connectivity index (χ3n) is 3.44. The van der Waals surface area contributed by atoms with Crippen LogP contribution in [0.2, 0.25) is 0 Å². The molecule has 20 heavy (non-hydrogen) atoms. The van der Waals surface area contributed by atoms with Crippen LogP contribution in [0.25, 0.3) is 0 Å². The van der Waals surface area contributed by atoms with Crippen LogP contribution < -0.4 is 10.6 Å². The van der Waals surface area contributed by atoms with Crippen LogP contribution in [0.5, 0.6) is 0 Å². The minimum Gasteiger partial charge on any atom is -0.316 e. The fraction of sp³-hybridized carbons (Fsp3) is 0.133. The zero-order valence-electron chi connectivity index (χ0n) is 10.5. The highest BCUT2D eigenvalue weighted by molar-refractivity contribution is 6.09. The molecule has 100 valence electrons. The van der Waals surface area contributed by atoms with Crippen LogP contribution in [0.4, 0.5) is 4.79 Å². The maximum Gasteiger partial charge on any atom is 0.322 e. The Labute approximate surface area is 116 Å². The third kappa shape index (κ3) is 1.83. The van der Waals surface area contributed by atoms with Gasteiger partial charge in [-0.3, -0.25) is 10.1 Å². The van der Waals surface area contributed by atoms with Crippen molar-refractivity contribution in [3.05, 3.63) is 66.1 Å². The molecule has 2 radical (unpaired) electrons. The lowest BCUT2D eigenvalue weighted by molar-refractivity contribution is -0.122. The van der Waals surface area contributed by atoms with Gasteiger partial charge < -0.3 is 5.32 Å². The maximum atomic E-state index is 12.3. The van der Waals surface area contributed by atoms with Gasteiger partial charge in [0, 0.05) is 6.42 Å². The van der Waals surface area contributed by atoms with E-state index in [4.69, 9.17) is 0 Å². The molecule has 5 heteroatoms. The summed E-state index contributed by atoms with van der Waals surface area (Å²) in [5, 5.41) is 16.3. The predicted molar refractivity (Wildman–Crippen MR) is 70.8 cm³/mol. The molecular formula is C15H12N2O3. The molecule has 1 heterocycles. The average molecular weight is 268 g/mol. The average Bonchev–Trinajstić information content (AvgIpc) is 2.76. The number of urea groups is 1. The van der Waals surface area contributed by atoms with Crippen LogP contribution in [0.15, 0.2) is 54.1 Å². The summed E-state index contributed by atoms with van der Waals surface area (Å²) in [6, 6.07) is 8.41. The summed E-state index contributed by atoms with van der Waals surface area (Å²) in [5.41, 5.74) is -0.0537. The summed E-state index contributed by atoms with van der Waals surface area (Å²) in [6.45, 7) is 0. The standard InChI is InChI=1S/C15H12N2O3/c18-12-8-6-11(7-9-12)15(10-4-2-1-3-5-10)13(19)16-14(20)17-15/h1-9,12H,(H2,16,17,19,20). The van der Waals surface area contributed by atoms with Gasteiger partial charge in [-0.15, -0.1) is 0 Å². The van der Waals surface area contributed by atoms with Crippen LogP contribution in [-0.2, 0) is 15.4 Å². The summed E-state index contributed by atoms with van der Waals surface area (Å²) in [5.74, 6) is -0.442. The monoisotopic (exact) mass is 268 g/mol. The lowest BCUT2D eigenvalue weighted by atomic mass is 9.80. The SMILES string of the molecule is [O]C1[CH]C=C(C2(c3ccccc3)NC(=O)NC2=O)C=C1. The molecule has 0 saturated carbocycles. The number of carbonyl (C=O) groups excluding carboxylic acids is 2. The number of hydrogen-bond donors (Lipinski definition) is 2. The highest BCUT2D eigenvalue weighted by Gasteiger charge is 2.50. The van der Waals surface area contributed by atoms with Gasteiger partial charge >= 0.3 is 6.03 Å². The maximum absolute atomic E-state index is 12.3. The molecule has 0 spiro atoms. The van der Waals surface area contributed by atoms with E-state index in [9.17, 15) is 14.7 Å². The van der Waals surface area contributed by atoms with Crippen molar-refractivity contribution in [3.8, 4) is 0 Å². The molecule has 0 bridgehead atoms. The number of hydrogen-bond acceptors (Lipinski definition) is 2. The first kappa shape index (κ1) is 12.6. The summed E-state index contributed by atoms with van der Waals surface area (Å²) in [7, 11) is 0. The van der Waals surface area contributed by atoms with E-state index in [1.807, 2.05) is 6.07 Å². The van der Waals surface area contributed by atoms with Crippen LogP contribution in [-0.4, -0.2) is 18.0 Å². The molecule has 1 saturated heterocycles. The summed E-state index contributed by atoms with van der Waals surface area (Å²) >= 11 is 0. The first-order chi connectivity index (χ1) is 9.63. The van der Waals surface area contributed by atoms with Gasteiger partial charge in [0.05, 0.1) is 0 Å². The van der Waals surface area contributed by atoms with Gasteiger partial charge in [0.2, 0.25) is 0 Å². The molecule has 1 aliphatic heterocycles. The van der Waals surface area contributed by atoms with E-state index < -0.39 is 23.6 Å². The lowest BCUT2D eigenvalue weighted by Crippen LogP contribution is -2.45. The molecule has 2 N–H and O–H groups in total. The lowest BCUT2D eigenvalue weighted by Gasteiger charge is -2.29. The van der Waals surface area contributed by atoms with Crippen LogP contribution >= 0.6 is 0 Å². The van der Waals surface area contributed by atoms with E-state index in [1.165, 1.54) is 12.5 Å². The van der Waals surface area contributed by atoms with Crippen molar-refractivity contribution in [3.63, 3.8) is 0 Å². The Morgan fingerprint density at radius 2 is 1.85 bits per heavy atom. The Balaban J connectivity index is 2.13. The molecule has 2 atom stereocenters. The van der Waals surface area contributed by atoms with Crippen molar-refractivity contribution in [1.29, 1.82) is 0 Å². The second-order valence-corrected chi connectivity index (χ2v) is 4.66. The van der Waals surface area contributed by atoms with E-state index in [0.717, 1.165) is 0 Å². The fourth-order valence-electron chi connectivity index (χ4n) is 2.48. The molecule has 5 nitrogen and oxygen atoms in total. The Kier molecular flexibility index (Phi) is 2.91. The zero-order chi connectivity index (χ0) is 14.2. The van der Waals surface area contributed by atoms with E-state index in [-0.39, 0.29) is 0 Å². The second kappa shape index (κ2) is 4.61. The van der Waals surface area contributed by atoms with Gasteiger partial charge in [0.15, 0.2) is 5.54 Å². The van der Waals surface area contributed by atoms with E-state index in [2.05, 4.69) is 10.6 Å². The van der Waals surface area contributed by atoms with Crippen LogP contribution in [0, 0.1) is 6.42 Å². The quantitative estimate of drug-likeness (QED) is 0.791. The van der Waals surface area contributed by atoms with Gasteiger partial charge in [0.1, 0.15) is 6.10 Å². The second-order valence-electron chi connectivity index (χ2n) is 4.66.